The molecule has 15 nitrogen and oxygen atoms in total. The Balaban J connectivity index is 1.47. The van der Waals surface area contributed by atoms with Gasteiger partial charge in [0.25, 0.3) is 17.5 Å². The molecule has 0 aliphatic carbocycles. The number of amides is 2. The fourth-order valence-electron chi connectivity index (χ4n) is 3.36. The Morgan fingerprint density at radius 2 is 2.26 bits per heavy atom. The first-order valence-corrected chi connectivity index (χ1v) is 13.4. The number of rotatable bonds is 10. The molecular formula is C20H18N8O7S3. The van der Waals surface area contributed by atoms with Gasteiger partial charge in [-0.15, -0.1) is 11.8 Å². The van der Waals surface area contributed by atoms with Gasteiger partial charge in [0.2, 0.25) is 11.5 Å². The number of carboxylic acid groups (broad SMARTS) is 1. The van der Waals surface area contributed by atoms with Crippen LogP contribution in [-0.4, -0.2) is 76.5 Å². The molecule has 0 radical (unpaired) electrons. The minimum atomic E-state index is -1.30. The van der Waals surface area contributed by atoms with Crippen LogP contribution in [0.2, 0.25) is 0 Å². The second-order valence-electron chi connectivity index (χ2n) is 7.39. The van der Waals surface area contributed by atoms with E-state index in [1.807, 2.05) is 0 Å². The van der Waals surface area contributed by atoms with Crippen molar-refractivity contribution in [2.45, 2.75) is 23.4 Å². The van der Waals surface area contributed by atoms with Crippen LogP contribution >= 0.6 is 35.1 Å². The number of nitrogens with zero attached hydrogens (tertiary/aromatic N) is 6. The summed E-state index contributed by atoms with van der Waals surface area (Å²) in [5, 5.41) is 28.4. The summed E-state index contributed by atoms with van der Waals surface area (Å²) in [5.74, 6) is -2.49. The summed E-state index contributed by atoms with van der Waals surface area (Å²) >= 11 is 3.27. The Bertz CT molecular complexity index is 1370. The monoisotopic (exact) mass is 578 g/mol. The number of hydrogen-bond donors (Lipinski definition) is 3. The second-order valence-corrected chi connectivity index (χ2v) is 10.2. The van der Waals surface area contributed by atoms with Gasteiger partial charge in [-0.3, -0.25) is 24.6 Å². The molecule has 1 unspecified atom stereocenters. The predicted octanol–water partition coefficient (Wildman–Crippen LogP) is 1.21. The maximum atomic E-state index is 12.9. The van der Waals surface area contributed by atoms with Crippen LogP contribution in [0.15, 0.2) is 51.3 Å². The summed E-state index contributed by atoms with van der Waals surface area (Å²) in [6.07, 6.45) is 2.67. The molecule has 1 saturated heterocycles. The van der Waals surface area contributed by atoms with Crippen LogP contribution < -0.4 is 11.1 Å². The van der Waals surface area contributed by atoms with E-state index in [-0.39, 0.29) is 40.4 Å². The minimum Gasteiger partial charge on any atom is -0.477 e. The van der Waals surface area contributed by atoms with E-state index in [9.17, 15) is 29.6 Å². The zero-order valence-corrected chi connectivity index (χ0v) is 21.8. The van der Waals surface area contributed by atoms with E-state index in [0.717, 1.165) is 34.4 Å². The average molecular weight is 579 g/mol. The normalized spacial score (nSPS) is 19.2. The lowest BCUT2D eigenvalue weighted by Gasteiger charge is -2.49. The molecule has 4 rings (SSSR count). The Labute approximate surface area is 226 Å². The van der Waals surface area contributed by atoms with Crippen LogP contribution in [0.5, 0.6) is 0 Å². The van der Waals surface area contributed by atoms with Gasteiger partial charge >= 0.3 is 5.97 Å². The summed E-state index contributed by atoms with van der Waals surface area (Å²) in [5.41, 5.74) is 5.36. The number of oxime groups is 1. The van der Waals surface area contributed by atoms with Gasteiger partial charge in [-0.1, -0.05) is 16.9 Å². The highest BCUT2D eigenvalue weighted by Crippen LogP contribution is 2.41. The molecule has 18 heteroatoms. The molecule has 0 saturated carbocycles. The van der Waals surface area contributed by atoms with Crippen molar-refractivity contribution in [3.63, 3.8) is 0 Å². The van der Waals surface area contributed by atoms with Gasteiger partial charge < -0.3 is 21.0 Å². The number of β-lactam (4-membered cyclic amide) rings is 1. The molecule has 4 heterocycles. The molecule has 2 aliphatic heterocycles. The molecule has 2 amide bonds. The highest BCUT2D eigenvalue weighted by molar-refractivity contribution is 8.02. The number of nitro groups is 1. The Kier molecular flexibility index (Phi) is 8.23. The van der Waals surface area contributed by atoms with E-state index in [0.29, 0.717) is 10.6 Å². The zero-order valence-electron chi connectivity index (χ0n) is 19.3. The summed E-state index contributed by atoms with van der Waals surface area (Å²) in [6.45, 7) is 1.84. The molecular weight excluding hydrogens is 560 g/mol. The number of carbonyl (C=O) groups is 3. The third-order valence-corrected chi connectivity index (χ3v) is 7.63. The quantitative estimate of drug-likeness (QED) is 0.119. The smallest absolute Gasteiger partial charge is 0.352 e. The molecule has 2 aromatic heterocycles. The largest absolute Gasteiger partial charge is 0.477 e. The number of nitrogens with one attached hydrogen (secondary N) is 1. The average Bonchev–Trinajstić information content (AvgIpc) is 3.32. The number of carboxylic acids is 1. The first-order valence-electron chi connectivity index (χ1n) is 10.7. The van der Waals surface area contributed by atoms with Gasteiger partial charge in [0, 0.05) is 23.4 Å². The molecule has 2 atom stereocenters. The van der Waals surface area contributed by atoms with Crippen LogP contribution in [0.3, 0.4) is 0 Å². The van der Waals surface area contributed by atoms with E-state index in [1.54, 1.807) is 18.4 Å². The van der Waals surface area contributed by atoms with Crippen molar-refractivity contribution < 1.29 is 29.3 Å². The highest BCUT2D eigenvalue weighted by atomic mass is 32.2. The number of nitrogens with two attached hydrogens (primary N) is 1. The number of aliphatic carboxylic acids is 1. The maximum absolute atomic E-state index is 12.9. The van der Waals surface area contributed by atoms with E-state index in [2.05, 4.69) is 24.8 Å². The molecule has 0 aromatic carbocycles. The van der Waals surface area contributed by atoms with Gasteiger partial charge in [-0.25, -0.2) is 9.78 Å². The lowest BCUT2D eigenvalue weighted by molar-refractivity contribution is -0.385. The van der Waals surface area contributed by atoms with Gasteiger partial charge in [-0.05, 0) is 30.0 Å². The van der Waals surface area contributed by atoms with Gasteiger partial charge in [0.05, 0.1) is 4.92 Å². The first-order chi connectivity index (χ1) is 18.2. The van der Waals surface area contributed by atoms with Crippen molar-refractivity contribution in [2.24, 2.45) is 5.16 Å². The lowest BCUT2D eigenvalue weighted by atomic mass is 10.0. The number of allylic oxidation sites excluding steroid dienone is 1. The third-order valence-electron chi connectivity index (χ3n) is 5.03. The Morgan fingerprint density at radius 1 is 1.47 bits per heavy atom. The third kappa shape index (κ3) is 5.60. The van der Waals surface area contributed by atoms with Crippen molar-refractivity contribution in [1.82, 2.24) is 24.6 Å². The molecule has 2 aliphatic rings. The molecule has 0 bridgehead atoms. The van der Waals surface area contributed by atoms with Gasteiger partial charge in [-0.2, -0.15) is 9.36 Å². The highest BCUT2D eigenvalue weighted by Gasteiger charge is 2.54. The SMILES string of the molecule is CCON=C(C(=O)NC1C(=O)N2C(C(=O)O)=C(C=CSc3ccc([N+](=O)[O-])cn3)CS[C@@H]12)c1nsc(N)n1. The fraction of sp³-hybridized carbons (Fsp3) is 0.250. The standard InChI is InChI=1S/C20H18N8O7S3/c1-2-35-25-12(15-24-20(21)38-26-15)16(29)23-13-17(30)27-14(19(31)32)9(8-37-18(13)27)5-6-36-11-4-3-10(7-22-11)28(33)34/h3-7,13,18H,2,8H2,1H3,(H,23,29)(H,31,32)(H2,21,24,26)/t13?,18-/m0/s1. The number of hydrogen-bond acceptors (Lipinski definition) is 14. The number of anilines is 1. The number of fused-ring (bicyclic) bond motifs is 1. The van der Waals surface area contributed by atoms with E-state index < -0.39 is 34.1 Å². The summed E-state index contributed by atoms with van der Waals surface area (Å²) in [6, 6.07) is 1.77. The fourth-order valence-corrected chi connectivity index (χ4v) is 5.75. The van der Waals surface area contributed by atoms with Crippen molar-refractivity contribution in [1.29, 1.82) is 0 Å². The number of aromatic nitrogens is 3. The predicted molar refractivity (Wildman–Crippen MR) is 138 cm³/mol. The van der Waals surface area contributed by atoms with Crippen molar-refractivity contribution in [2.75, 3.05) is 18.1 Å². The Morgan fingerprint density at radius 3 is 2.87 bits per heavy atom. The van der Waals surface area contributed by atoms with E-state index in [1.165, 1.54) is 23.9 Å². The van der Waals surface area contributed by atoms with Crippen LogP contribution in [0.25, 0.3) is 0 Å². The summed E-state index contributed by atoms with van der Waals surface area (Å²) in [7, 11) is 0. The first kappa shape index (κ1) is 27.0. The molecule has 0 spiro atoms. The summed E-state index contributed by atoms with van der Waals surface area (Å²) < 4.78 is 3.95. The number of nitrogen functional groups attached to an aromatic ring is 1. The molecule has 198 valence electrons. The molecule has 1 fully saturated rings. The topological polar surface area (TPSA) is 216 Å². The lowest BCUT2D eigenvalue weighted by Crippen LogP contribution is -2.71. The van der Waals surface area contributed by atoms with Crippen LogP contribution in [0, 0.1) is 10.1 Å². The number of carbonyl (C=O) groups excluding carboxylic acids is 2. The van der Waals surface area contributed by atoms with Gasteiger partial charge in [0.15, 0.2) is 5.13 Å². The van der Waals surface area contributed by atoms with E-state index >= 15 is 0 Å². The van der Waals surface area contributed by atoms with Crippen LogP contribution in [-0.2, 0) is 19.2 Å². The maximum Gasteiger partial charge on any atom is 0.352 e. The second kappa shape index (κ2) is 11.6. The van der Waals surface area contributed by atoms with Gasteiger partial charge in [0.1, 0.15) is 34.9 Å². The number of pyridine rings is 1. The zero-order chi connectivity index (χ0) is 27.4. The van der Waals surface area contributed by atoms with Crippen molar-refractivity contribution in [3.8, 4) is 0 Å². The van der Waals surface area contributed by atoms with Crippen molar-refractivity contribution in [3.05, 3.63) is 57.0 Å². The number of thioether (sulfide) groups is 2. The molecule has 38 heavy (non-hydrogen) atoms. The summed E-state index contributed by atoms with van der Waals surface area (Å²) in [4.78, 5) is 62.1. The minimum absolute atomic E-state index is 0.0584. The molecule has 4 N–H and O–H groups in total. The van der Waals surface area contributed by atoms with Crippen LogP contribution in [0.4, 0.5) is 10.8 Å². The molecule has 2 aromatic rings. The van der Waals surface area contributed by atoms with Crippen LogP contribution in [0.1, 0.15) is 12.7 Å². The Hall–Kier alpha value is -4.03. The van der Waals surface area contributed by atoms with E-state index in [4.69, 9.17) is 10.6 Å². The van der Waals surface area contributed by atoms with Crippen molar-refractivity contribution >= 4 is 69.4 Å².